The molecule has 0 radical (unpaired) electrons. The van der Waals surface area contributed by atoms with Crippen molar-refractivity contribution in [1.29, 1.82) is 0 Å². The van der Waals surface area contributed by atoms with Gasteiger partial charge in [-0.3, -0.25) is 14.5 Å². The lowest BCUT2D eigenvalue weighted by Gasteiger charge is -2.34. The highest BCUT2D eigenvalue weighted by Crippen LogP contribution is 2.34. The zero-order chi connectivity index (χ0) is 21.9. The third-order valence-corrected chi connectivity index (χ3v) is 4.70. The van der Waals surface area contributed by atoms with Crippen molar-refractivity contribution in [2.45, 2.75) is 6.18 Å². The van der Waals surface area contributed by atoms with Gasteiger partial charge in [-0.2, -0.15) is 13.2 Å². The second-order valence-corrected chi connectivity index (χ2v) is 6.79. The summed E-state index contributed by atoms with van der Waals surface area (Å²) in [6.45, 7) is 0.960. The van der Waals surface area contributed by atoms with Crippen LogP contribution in [0.25, 0.3) is 0 Å². The maximum absolute atomic E-state index is 13.3. The fourth-order valence-electron chi connectivity index (χ4n) is 3.15. The van der Waals surface area contributed by atoms with Crippen LogP contribution in [0, 0.1) is 11.6 Å². The molecule has 1 heterocycles. The Hall–Kier alpha value is -3.01. The number of carbonyl (C=O) groups excluding carboxylic acids is 2. The molecule has 0 aliphatic carbocycles. The minimum absolute atomic E-state index is 0.0175. The predicted octanol–water partition coefficient (Wildman–Crippen LogP) is 3.38. The molecule has 1 saturated heterocycles. The van der Waals surface area contributed by atoms with E-state index in [-0.39, 0.29) is 30.9 Å². The fourth-order valence-corrected chi connectivity index (χ4v) is 3.15. The van der Waals surface area contributed by atoms with Gasteiger partial charge in [-0.1, -0.05) is 12.1 Å². The molecular weight excluding hydrogens is 409 g/mol. The summed E-state index contributed by atoms with van der Waals surface area (Å²) in [7, 11) is 0. The minimum Gasteiger partial charge on any atom is -0.336 e. The van der Waals surface area contributed by atoms with Gasteiger partial charge in [-0.25, -0.2) is 8.78 Å². The summed E-state index contributed by atoms with van der Waals surface area (Å²) in [4.78, 5) is 27.7. The summed E-state index contributed by atoms with van der Waals surface area (Å²) < 4.78 is 65.4. The Labute approximate surface area is 169 Å². The first-order valence-corrected chi connectivity index (χ1v) is 9.08. The van der Waals surface area contributed by atoms with E-state index in [2.05, 4.69) is 5.32 Å². The summed E-state index contributed by atoms with van der Waals surface area (Å²) in [6.07, 6.45) is -4.59. The Morgan fingerprint density at radius 1 is 0.933 bits per heavy atom. The molecule has 0 spiro atoms. The van der Waals surface area contributed by atoms with Crippen molar-refractivity contribution >= 4 is 17.5 Å². The molecule has 1 N–H and O–H groups in total. The molecule has 0 saturated carbocycles. The van der Waals surface area contributed by atoms with Crippen molar-refractivity contribution in [2.75, 3.05) is 38.0 Å². The number of nitrogens with zero attached hydrogens (tertiary/aromatic N) is 2. The normalized spacial score (nSPS) is 15.2. The van der Waals surface area contributed by atoms with Crippen molar-refractivity contribution in [3.8, 4) is 0 Å². The Balaban J connectivity index is 1.54. The highest BCUT2D eigenvalue weighted by Gasteiger charge is 2.33. The van der Waals surface area contributed by atoms with Gasteiger partial charge in [0.1, 0.15) is 0 Å². The molecule has 0 unspecified atom stereocenters. The van der Waals surface area contributed by atoms with Gasteiger partial charge in [0.25, 0.3) is 5.91 Å². The molecule has 2 aromatic carbocycles. The summed E-state index contributed by atoms with van der Waals surface area (Å²) >= 11 is 0. The number of nitrogens with one attached hydrogen (secondary N) is 1. The van der Waals surface area contributed by atoms with Crippen LogP contribution in [0.3, 0.4) is 0 Å². The molecule has 160 valence electrons. The number of amides is 2. The predicted molar refractivity (Wildman–Crippen MR) is 98.8 cm³/mol. The largest absolute Gasteiger partial charge is 0.418 e. The van der Waals surface area contributed by atoms with Crippen LogP contribution in [-0.2, 0) is 11.0 Å². The summed E-state index contributed by atoms with van der Waals surface area (Å²) in [5.41, 5.74) is -1.23. The maximum atomic E-state index is 13.3. The first-order valence-electron chi connectivity index (χ1n) is 9.08. The van der Waals surface area contributed by atoms with Crippen molar-refractivity contribution in [2.24, 2.45) is 0 Å². The van der Waals surface area contributed by atoms with Gasteiger partial charge in [0.2, 0.25) is 5.91 Å². The second-order valence-electron chi connectivity index (χ2n) is 6.79. The Morgan fingerprint density at radius 3 is 2.23 bits per heavy atom. The van der Waals surface area contributed by atoms with Crippen LogP contribution in [-0.4, -0.2) is 54.3 Å². The van der Waals surface area contributed by atoms with Crippen molar-refractivity contribution in [1.82, 2.24) is 9.80 Å². The third-order valence-electron chi connectivity index (χ3n) is 4.70. The Morgan fingerprint density at radius 2 is 1.60 bits per heavy atom. The monoisotopic (exact) mass is 427 g/mol. The van der Waals surface area contributed by atoms with E-state index in [0.29, 0.717) is 13.1 Å². The summed E-state index contributed by atoms with van der Waals surface area (Å²) in [5.74, 6) is -3.23. The Bertz CT molecular complexity index is 940. The lowest BCUT2D eigenvalue weighted by Crippen LogP contribution is -2.50. The number of carbonyl (C=O) groups is 2. The van der Waals surface area contributed by atoms with E-state index in [4.69, 9.17) is 0 Å². The van der Waals surface area contributed by atoms with Crippen LogP contribution in [0.1, 0.15) is 15.9 Å². The van der Waals surface area contributed by atoms with Gasteiger partial charge < -0.3 is 10.2 Å². The first kappa shape index (κ1) is 21.7. The van der Waals surface area contributed by atoms with Crippen molar-refractivity contribution in [3.63, 3.8) is 0 Å². The number of anilines is 1. The molecule has 1 fully saturated rings. The molecule has 5 nitrogen and oxygen atoms in total. The number of para-hydroxylation sites is 1. The fraction of sp³-hybridized carbons (Fsp3) is 0.300. The third kappa shape index (κ3) is 5.12. The SMILES string of the molecule is O=C(CN1CCN(C(=O)c2ccc(F)c(F)c2)CC1)Nc1ccccc1C(F)(F)F. The van der Waals surface area contributed by atoms with Crippen LogP contribution in [0.2, 0.25) is 0 Å². The molecular formula is C20H18F5N3O2. The average Bonchev–Trinajstić information content (AvgIpc) is 2.69. The molecule has 2 amide bonds. The minimum atomic E-state index is -4.59. The van der Waals surface area contributed by atoms with Crippen LogP contribution < -0.4 is 5.32 Å². The second kappa shape index (κ2) is 8.78. The van der Waals surface area contributed by atoms with E-state index in [9.17, 15) is 31.5 Å². The van der Waals surface area contributed by atoms with Crippen LogP contribution in [0.5, 0.6) is 0 Å². The Kier molecular flexibility index (Phi) is 6.35. The number of halogens is 5. The number of hydrogen-bond donors (Lipinski definition) is 1. The lowest BCUT2D eigenvalue weighted by atomic mass is 10.1. The molecule has 2 aromatic rings. The van der Waals surface area contributed by atoms with E-state index >= 15 is 0 Å². The zero-order valence-electron chi connectivity index (χ0n) is 15.7. The zero-order valence-corrected chi connectivity index (χ0v) is 15.7. The van der Waals surface area contributed by atoms with Crippen LogP contribution >= 0.6 is 0 Å². The number of piperazine rings is 1. The quantitative estimate of drug-likeness (QED) is 0.762. The van der Waals surface area contributed by atoms with E-state index in [1.807, 2.05) is 0 Å². The van der Waals surface area contributed by atoms with E-state index < -0.39 is 35.2 Å². The van der Waals surface area contributed by atoms with Gasteiger partial charge in [-0.05, 0) is 30.3 Å². The molecule has 3 rings (SSSR count). The van der Waals surface area contributed by atoms with Crippen molar-refractivity contribution < 1.29 is 31.5 Å². The van der Waals surface area contributed by atoms with E-state index in [1.165, 1.54) is 29.2 Å². The van der Waals surface area contributed by atoms with Crippen LogP contribution in [0.15, 0.2) is 42.5 Å². The standard InChI is InChI=1S/C20H18F5N3O2/c21-15-6-5-13(11-16(15)22)19(30)28-9-7-27(8-10-28)12-18(29)26-17-4-2-1-3-14(17)20(23,24)25/h1-6,11H,7-10,12H2,(H,26,29). The lowest BCUT2D eigenvalue weighted by molar-refractivity contribution is -0.137. The topological polar surface area (TPSA) is 52.7 Å². The number of alkyl halides is 3. The van der Waals surface area contributed by atoms with E-state index in [0.717, 1.165) is 18.2 Å². The number of rotatable bonds is 4. The first-order chi connectivity index (χ1) is 14.1. The van der Waals surface area contributed by atoms with Crippen molar-refractivity contribution in [3.05, 3.63) is 65.2 Å². The summed E-state index contributed by atoms with van der Waals surface area (Å²) in [5, 5.41) is 2.28. The van der Waals surface area contributed by atoms with Crippen LogP contribution in [0.4, 0.5) is 27.6 Å². The number of benzene rings is 2. The van der Waals surface area contributed by atoms with Gasteiger partial charge in [-0.15, -0.1) is 0 Å². The van der Waals surface area contributed by atoms with E-state index in [1.54, 1.807) is 4.90 Å². The smallest absolute Gasteiger partial charge is 0.336 e. The molecule has 0 aromatic heterocycles. The van der Waals surface area contributed by atoms with Gasteiger partial charge in [0, 0.05) is 31.7 Å². The molecule has 1 aliphatic heterocycles. The average molecular weight is 427 g/mol. The molecule has 0 atom stereocenters. The summed E-state index contributed by atoms with van der Waals surface area (Å²) in [6, 6.07) is 7.60. The van der Waals surface area contributed by atoms with Gasteiger partial charge in [0.05, 0.1) is 17.8 Å². The molecule has 1 aliphatic rings. The molecule has 30 heavy (non-hydrogen) atoms. The van der Waals surface area contributed by atoms with Gasteiger partial charge >= 0.3 is 6.18 Å². The number of hydrogen-bond acceptors (Lipinski definition) is 3. The molecule has 10 heteroatoms. The maximum Gasteiger partial charge on any atom is 0.418 e. The van der Waals surface area contributed by atoms with Gasteiger partial charge in [0.15, 0.2) is 11.6 Å². The highest BCUT2D eigenvalue weighted by atomic mass is 19.4. The highest BCUT2D eigenvalue weighted by molar-refractivity contribution is 5.94. The molecule has 0 bridgehead atoms.